The minimum atomic E-state index is 0.807. The molecule has 0 aliphatic carbocycles. The fourth-order valence-electron chi connectivity index (χ4n) is 1.87. The molecule has 17 heavy (non-hydrogen) atoms. The van der Waals surface area contributed by atoms with Gasteiger partial charge in [-0.3, -0.25) is 0 Å². The number of aromatic nitrogens is 4. The third kappa shape index (κ3) is 2.36. The van der Waals surface area contributed by atoms with Gasteiger partial charge in [0.1, 0.15) is 11.0 Å². The average Bonchev–Trinajstić information content (AvgIpc) is 3.02. The molecule has 1 aliphatic heterocycles. The maximum atomic E-state index is 4.46. The lowest BCUT2D eigenvalue weighted by Gasteiger charge is -2.13. The van der Waals surface area contributed by atoms with E-state index in [9.17, 15) is 0 Å². The molecule has 0 radical (unpaired) electrons. The standard InChI is InChI=1S/C9H11N5S.C2H6/c15-14-8-6-10-9(12-7(8)5-11-14)13-3-1-2-4-13;1-2/h5-6,15H,1-4H2;1-2H3. The van der Waals surface area contributed by atoms with Crippen molar-refractivity contribution in [2.75, 3.05) is 18.0 Å². The normalized spacial score (nSPS) is 14.9. The van der Waals surface area contributed by atoms with Crippen LogP contribution in [0.25, 0.3) is 11.0 Å². The lowest BCUT2D eigenvalue weighted by atomic mass is 10.4. The second-order valence-electron chi connectivity index (χ2n) is 3.67. The first-order valence-corrected chi connectivity index (χ1v) is 6.39. The summed E-state index contributed by atoms with van der Waals surface area (Å²) in [6, 6.07) is 0. The van der Waals surface area contributed by atoms with Crippen molar-refractivity contribution in [2.24, 2.45) is 0 Å². The van der Waals surface area contributed by atoms with Crippen molar-refractivity contribution in [2.45, 2.75) is 26.7 Å². The SMILES string of the molecule is CC.Sn1ncc2nc(N3CCCC3)ncc21. The van der Waals surface area contributed by atoms with E-state index < -0.39 is 0 Å². The van der Waals surface area contributed by atoms with Crippen LogP contribution in [0.3, 0.4) is 0 Å². The Labute approximate surface area is 106 Å². The summed E-state index contributed by atoms with van der Waals surface area (Å²) in [4.78, 5) is 11.0. The summed E-state index contributed by atoms with van der Waals surface area (Å²) in [6.45, 7) is 6.11. The van der Waals surface area contributed by atoms with Crippen LogP contribution in [0.5, 0.6) is 0 Å². The molecular weight excluding hydrogens is 234 g/mol. The highest BCUT2D eigenvalue weighted by molar-refractivity contribution is 7.78. The summed E-state index contributed by atoms with van der Waals surface area (Å²) in [7, 11) is 0. The van der Waals surface area contributed by atoms with E-state index in [0.717, 1.165) is 30.1 Å². The van der Waals surface area contributed by atoms with Crippen LogP contribution in [0.2, 0.25) is 0 Å². The molecule has 92 valence electrons. The van der Waals surface area contributed by atoms with E-state index in [1.165, 1.54) is 16.9 Å². The maximum Gasteiger partial charge on any atom is 0.226 e. The van der Waals surface area contributed by atoms with Crippen LogP contribution in [-0.4, -0.2) is 32.2 Å². The van der Waals surface area contributed by atoms with E-state index in [1.54, 1.807) is 12.4 Å². The van der Waals surface area contributed by atoms with Crippen molar-refractivity contribution in [3.05, 3.63) is 12.4 Å². The lowest BCUT2D eigenvalue weighted by Crippen LogP contribution is -2.20. The van der Waals surface area contributed by atoms with Gasteiger partial charge in [0, 0.05) is 13.1 Å². The quantitative estimate of drug-likeness (QED) is 0.789. The van der Waals surface area contributed by atoms with Gasteiger partial charge < -0.3 is 4.90 Å². The Balaban J connectivity index is 0.000000514. The molecule has 1 aliphatic rings. The first-order valence-electron chi connectivity index (χ1n) is 5.99. The molecule has 0 saturated carbocycles. The Morgan fingerprint density at radius 3 is 2.59 bits per heavy atom. The zero-order valence-corrected chi connectivity index (χ0v) is 11.1. The van der Waals surface area contributed by atoms with Gasteiger partial charge >= 0.3 is 0 Å². The molecule has 2 aromatic heterocycles. The Hall–Kier alpha value is -1.30. The molecule has 6 heteroatoms. The number of hydrogen-bond donors (Lipinski definition) is 1. The minimum Gasteiger partial charge on any atom is -0.341 e. The predicted octanol–water partition coefficient (Wildman–Crippen LogP) is 2.15. The molecule has 0 N–H and O–H groups in total. The number of anilines is 1. The van der Waals surface area contributed by atoms with E-state index in [4.69, 9.17) is 0 Å². The largest absolute Gasteiger partial charge is 0.341 e. The highest BCUT2D eigenvalue weighted by Gasteiger charge is 2.15. The lowest BCUT2D eigenvalue weighted by molar-refractivity contribution is 0.907. The van der Waals surface area contributed by atoms with E-state index in [-0.39, 0.29) is 0 Å². The third-order valence-electron chi connectivity index (χ3n) is 2.68. The first-order chi connectivity index (χ1) is 8.34. The number of rotatable bonds is 1. The maximum absolute atomic E-state index is 4.46. The fraction of sp³-hybridized carbons (Fsp3) is 0.545. The Morgan fingerprint density at radius 1 is 1.18 bits per heavy atom. The molecule has 5 nitrogen and oxygen atoms in total. The molecule has 0 aromatic carbocycles. The summed E-state index contributed by atoms with van der Waals surface area (Å²) < 4.78 is 1.49. The molecule has 3 rings (SSSR count). The van der Waals surface area contributed by atoms with E-state index in [0.29, 0.717) is 0 Å². The van der Waals surface area contributed by atoms with Gasteiger partial charge in [0.2, 0.25) is 5.95 Å². The Kier molecular flexibility index (Phi) is 3.83. The molecule has 0 spiro atoms. The summed E-state index contributed by atoms with van der Waals surface area (Å²) in [6.07, 6.45) is 5.94. The molecule has 0 unspecified atom stereocenters. The predicted molar refractivity (Wildman–Crippen MR) is 72.5 cm³/mol. The number of hydrogen-bond acceptors (Lipinski definition) is 5. The van der Waals surface area contributed by atoms with Crippen LogP contribution < -0.4 is 4.90 Å². The monoisotopic (exact) mass is 251 g/mol. The van der Waals surface area contributed by atoms with Crippen molar-refractivity contribution in [1.29, 1.82) is 0 Å². The highest BCUT2D eigenvalue weighted by atomic mass is 32.1. The molecule has 2 aromatic rings. The van der Waals surface area contributed by atoms with Crippen molar-refractivity contribution >= 4 is 29.8 Å². The minimum absolute atomic E-state index is 0.807. The van der Waals surface area contributed by atoms with Gasteiger partial charge in [-0.15, -0.1) is 0 Å². The summed E-state index contributed by atoms with van der Waals surface area (Å²) >= 11 is 4.16. The molecular formula is C11H17N5S. The van der Waals surface area contributed by atoms with Gasteiger partial charge in [0.15, 0.2) is 0 Å². The zero-order chi connectivity index (χ0) is 12.3. The summed E-state index contributed by atoms with van der Waals surface area (Å²) in [5.41, 5.74) is 1.70. The van der Waals surface area contributed by atoms with E-state index in [2.05, 4.69) is 32.8 Å². The van der Waals surface area contributed by atoms with Gasteiger partial charge in [-0.1, -0.05) is 13.8 Å². The van der Waals surface area contributed by atoms with Crippen molar-refractivity contribution in [3.8, 4) is 0 Å². The highest BCUT2D eigenvalue weighted by Crippen LogP contribution is 2.18. The average molecular weight is 251 g/mol. The molecule has 1 fully saturated rings. The van der Waals surface area contributed by atoms with Crippen LogP contribution in [0.1, 0.15) is 26.7 Å². The van der Waals surface area contributed by atoms with Crippen molar-refractivity contribution in [3.63, 3.8) is 0 Å². The van der Waals surface area contributed by atoms with Crippen LogP contribution >= 0.6 is 12.8 Å². The molecule has 0 atom stereocenters. The van der Waals surface area contributed by atoms with E-state index in [1.807, 2.05) is 13.8 Å². The van der Waals surface area contributed by atoms with Gasteiger partial charge in [-0.2, -0.15) is 5.10 Å². The summed E-state index contributed by atoms with van der Waals surface area (Å²) in [5, 5.41) is 4.02. The number of nitrogens with zero attached hydrogens (tertiary/aromatic N) is 5. The smallest absolute Gasteiger partial charge is 0.226 e. The fourth-order valence-corrected chi connectivity index (χ4v) is 2.07. The third-order valence-corrected chi connectivity index (χ3v) is 3.00. The van der Waals surface area contributed by atoms with Gasteiger partial charge in [-0.25, -0.2) is 14.1 Å². The van der Waals surface area contributed by atoms with Crippen molar-refractivity contribution in [1.82, 2.24) is 19.2 Å². The Bertz CT molecular complexity index is 490. The topological polar surface area (TPSA) is 46.8 Å². The first kappa shape index (κ1) is 12.2. The molecule has 3 heterocycles. The molecule has 0 amide bonds. The van der Waals surface area contributed by atoms with Gasteiger partial charge in [-0.05, 0) is 25.7 Å². The van der Waals surface area contributed by atoms with Crippen LogP contribution in [0.4, 0.5) is 5.95 Å². The number of thiol groups is 1. The zero-order valence-electron chi connectivity index (χ0n) is 10.2. The van der Waals surface area contributed by atoms with E-state index >= 15 is 0 Å². The van der Waals surface area contributed by atoms with Crippen molar-refractivity contribution < 1.29 is 0 Å². The summed E-state index contributed by atoms with van der Waals surface area (Å²) in [5.74, 6) is 0.807. The molecule has 0 bridgehead atoms. The second kappa shape index (κ2) is 5.35. The van der Waals surface area contributed by atoms with Crippen LogP contribution in [0.15, 0.2) is 12.4 Å². The molecule has 1 saturated heterocycles. The Morgan fingerprint density at radius 2 is 1.88 bits per heavy atom. The number of fused-ring (bicyclic) bond motifs is 1. The van der Waals surface area contributed by atoms with Crippen LogP contribution in [0, 0.1) is 0 Å². The second-order valence-corrected chi connectivity index (χ2v) is 4.05. The van der Waals surface area contributed by atoms with Crippen LogP contribution in [-0.2, 0) is 0 Å². The van der Waals surface area contributed by atoms with Gasteiger partial charge in [0.05, 0.1) is 12.4 Å². The van der Waals surface area contributed by atoms with Gasteiger partial charge in [0.25, 0.3) is 0 Å².